The van der Waals surface area contributed by atoms with Crippen LogP contribution in [0.15, 0.2) is 0 Å². The van der Waals surface area contributed by atoms with E-state index in [1.807, 2.05) is 0 Å². The Morgan fingerprint density at radius 2 is 0.919 bits per heavy atom. The third-order valence-electron chi connectivity index (χ3n) is 4.54. The lowest BCUT2D eigenvalue weighted by Crippen LogP contribution is -2.45. The van der Waals surface area contributed by atoms with E-state index in [-0.39, 0.29) is 52.5 Å². The Balaban J connectivity index is 4.95. The molecule has 0 radical (unpaired) electrons. The van der Waals surface area contributed by atoms with Gasteiger partial charge in [0, 0.05) is 26.2 Å². The molecule has 0 amide bonds. The van der Waals surface area contributed by atoms with Crippen LogP contribution in [0.3, 0.4) is 0 Å². The first-order chi connectivity index (χ1) is 17.4. The fourth-order valence-corrected chi connectivity index (χ4v) is 2.96. The minimum Gasteiger partial charge on any atom is -0.480 e. The molecule has 0 aromatic carbocycles. The maximum absolute atomic E-state index is 12.3. The molecule has 16 nitrogen and oxygen atoms in total. The van der Waals surface area contributed by atoms with Crippen LogP contribution in [0.4, 0.5) is 4.79 Å². The number of carbonyl (C=O) groups excluding carboxylic acids is 2. The van der Waals surface area contributed by atoms with Gasteiger partial charge in [0.15, 0.2) is 0 Å². The van der Waals surface area contributed by atoms with Gasteiger partial charge in [0.1, 0.15) is 0 Å². The molecule has 0 aliphatic heterocycles. The smallest absolute Gasteiger partial charge is 0.480 e. The van der Waals surface area contributed by atoms with Crippen molar-refractivity contribution in [2.45, 2.75) is 19.8 Å². The van der Waals surface area contributed by atoms with Gasteiger partial charge >= 0.3 is 36.0 Å². The number of rotatable bonds is 22. The number of carboxylic acids is 4. The Kier molecular flexibility index (Phi) is 17.8. The van der Waals surface area contributed by atoms with Crippen molar-refractivity contribution in [3.8, 4) is 0 Å². The Morgan fingerprint density at radius 3 is 1.30 bits per heavy atom. The van der Waals surface area contributed by atoms with Crippen molar-refractivity contribution in [2.24, 2.45) is 0 Å². The number of esters is 1. The van der Waals surface area contributed by atoms with Crippen molar-refractivity contribution in [1.82, 2.24) is 14.7 Å². The average Bonchev–Trinajstić information content (AvgIpc) is 2.76. The van der Waals surface area contributed by atoms with E-state index in [1.165, 1.54) is 4.90 Å². The van der Waals surface area contributed by atoms with Gasteiger partial charge in [-0.15, -0.1) is 0 Å². The molecule has 16 heteroatoms. The lowest BCUT2D eigenvalue weighted by Gasteiger charge is -2.27. The van der Waals surface area contributed by atoms with Crippen LogP contribution in [-0.2, 0) is 38.2 Å². The molecular weight excluding hydrogens is 502 g/mol. The molecule has 0 saturated heterocycles. The van der Waals surface area contributed by atoms with Crippen LogP contribution in [0.5, 0.6) is 0 Å². The first-order valence-electron chi connectivity index (χ1n) is 11.4. The van der Waals surface area contributed by atoms with E-state index >= 15 is 0 Å². The van der Waals surface area contributed by atoms with E-state index < -0.39 is 62.2 Å². The van der Waals surface area contributed by atoms with E-state index in [0.29, 0.717) is 12.8 Å². The Bertz CT molecular complexity index is 690. The van der Waals surface area contributed by atoms with Crippen LogP contribution in [0, 0.1) is 0 Å². The number of aliphatic carboxylic acids is 4. The summed E-state index contributed by atoms with van der Waals surface area (Å²) in [4.78, 5) is 71.2. The van der Waals surface area contributed by atoms with Crippen molar-refractivity contribution >= 4 is 36.0 Å². The molecule has 0 heterocycles. The van der Waals surface area contributed by atoms with E-state index in [4.69, 9.17) is 29.9 Å². The topological polar surface area (TPSA) is 221 Å². The second-order valence-corrected chi connectivity index (χ2v) is 7.73. The maximum Gasteiger partial charge on any atom is 0.508 e. The number of nitrogens with zero attached hydrogens (tertiary/aromatic N) is 3. The number of hydrogen-bond acceptors (Lipinski definition) is 12. The van der Waals surface area contributed by atoms with Crippen molar-refractivity contribution in [1.29, 1.82) is 0 Å². The average molecular weight is 538 g/mol. The van der Waals surface area contributed by atoms with Gasteiger partial charge in [-0.25, -0.2) is 4.79 Å². The molecule has 0 bridgehead atoms. The van der Waals surface area contributed by atoms with Gasteiger partial charge in [-0.05, 0) is 19.8 Å². The van der Waals surface area contributed by atoms with Gasteiger partial charge in [0.25, 0.3) is 0 Å². The molecule has 0 aromatic heterocycles. The van der Waals surface area contributed by atoms with E-state index in [9.17, 15) is 28.8 Å². The Hall–Kier alpha value is -3.50. The molecule has 0 unspecified atom stereocenters. The molecule has 212 valence electrons. The lowest BCUT2D eigenvalue weighted by molar-refractivity contribution is -0.147. The highest BCUT2D eigenvalue weighted by atomic mass is 16.7. The first kappa shape index (κ1) is 33.5. The first-order valence-corrected chi connectivity index (χ1v) is 11.4. The van der Waals surface area contributed by atoms with Crippen molar-refractivity contribution < 1.29 is 63.4 Å². The zero-order valence-corrected chi connectivity index (χ0v) is 20.7. The van der Waals surface area contributed by atoms with Crippen molar-refractivity contribution in [2.75, 3.05) is 78.7 Å². The monoisotopic (exact) mass is 537 g/mol. The van der Waals surface area contributed by atoms with Gasteiger partial charge in [-0.2, -0.15) is 0 Å². The summed E-state index contributed by atoms with van der Waals surface area (Å²) in [5.41, 5.74) is 0. The molecular formula is C21H35N3O13. The Morgan fingerprint density at radius 1 is 0.541 bits per heavy atom. The predicted octanol–water partition coefficient (Wildman–Crippen LogP) is -1.27. The normalized spacial score (nSPS) is 10.9. The van der Waals surface area contributed by atoms with Gasteiger partial charge < -0.3 is 34.6 Å². The summed E-state index contributed by atoms with van der Waals surface area (Å²) < 4.78 is 14.5. The molecule has 0 rings (SSSR count). The fraction of sp³-hybridized carbons (Fsp3) is 0.714. The molecule has 0 saturated carbocycles. The summed E-state index contributed by atoms with van der Waals surface area (Å²) in [6, 6.07) is 0. The minimum absolute atomic E-state index is 0.0210. The minimum atomic E-state index is -1.24. The second kappa shape index (κ2) is 19.7. The van der Waals surface area contributed by atoms with Gasteiger partial charge in [-0.1, -0.05) is 0 Å². The number of carboxylic acid groups (broad SMARTS) is 4. The number of hydrogen-bond donors (Lipinski definition) is 4. The van der Waals surface area contributed by atoms with Crippen LogP contribution < -0.4 is 0 Å². The molecule has 37 heavy (non-hydrogen) atoms. The zero-order valence-electron chi connectivity index (χ0n) is 20.7. The summed E-state index contributed by atoms with van der Waals surface area (Å²) in [6.07, 6.45) is 0.00475. The standard InChI is InChI=1S/C21H35N3O13/c1-2-35-21(34)37-10-4-3-9-36-20(33)15-22(5-7-23(11-16(25)26)12-17(27)28)6-8-24(13-18(29)30)14-19(31)32/h2-15H2,1H3,(H,25,26)(H,27,28)(H,29,30)(H,31,32). The lowest BCUT2D eigenvalue weighted by atomic mass is 10.3. The third-order valence-corrected chi connectivity index (χ3v) is 4.54. The van der Waals surface area contributed by atoms with E-state index in [2.05, 4.69) is 4.74 Å². The summed E-state index contributed by atoms with van der Waals surface area (Å²) >= 11 is 0. The molecule has 0 spiro atoms. The molecule has 4 N–H and O–H groups in total. The molecule has 0 atom stereocenters. The van der Waals surface area contributed by atoms with Crippen LogP contribution in [0.1, 0.15) is 19.8 Å². The van der Waals surface area contributed by atoms with Crippen LogP contribution >= 0.6 is 0 Å². The highest BCUT2D eigenvalue weighted by Gasteiger charge is 2.20. The summed E-state index contributed by atoms with van der Waals surface area (Å²) in [5.74, 6) is -5.62. The predicted molar refractivity (Wildman–Crippen MR) is 123 cm³/mol. The maximum atomic E-state index is 12.3. The fourth-order valence-electron chi connectivity index (χ4n) is 2.96. The van der Waals surface area contributed by atoms with Crippen molar-refractivity contribution in [3.63, 3.8) is 0 Å². The Labute approximate surface area is 213 Å². The van der Waals surface area contributed by atoms with Crippen LogP contribution in [-0.4, -0.2) is 150 Å². The number of ether oxygens (including phenoxy) is 3. The third kappa shape index (κ3) is 20.4. The van der Waals surface area contributed by atoms with Crippen molar-refractivity contribution in [3.05, 3.63) is 0 Å². The van der Waals surface area contributed by atoms with Gasteiger partial charge in [0.2, 0.25) is 0 Å². The quantitative estimate of drug-likeness (QED) is 0.0933. The zero-order chi connectivity index (χ0) is 28.2. The highest BCUT2D eigenvalue weighted by Crippen LogP contribution is 2.00. The van der Waals surface area contributed by atoms with E-state index in [1.54, 1.807) is 6.92 Å². The summed E-state index contributed by atoms with van der Waals surface area (Å²) in [5, 5.41) is 36.0. The van der Waals surface area contributed by atoms with E-state index in [0.717, 1.165) is 9.80 Å². The molecule has 0 aliphatic carbocycles. The summed E-state index contributed by atoms with van der Waals surface area (Å²) in [7, 11) is 0. The second-order valence-electron chi connectivity index (χ2n) is 7.73. The SMILES string of the molecule is CCOC(=O)OCCCCOC(=O)CN(CCN(CC(=O)O)CC(=O)O)CCN(CC(=O)O)CC(=O)O. The van der Waals surface area contributed by atoms with Gasteiger partial charge in [0.05, 0.1) is 52.5 Å². The number of unbranched alkanes of at least 4 members (excludes halogenated alkanes) is 1. The van der Waals surface area contributed by atoms with Crippen LogP contribution in [0.2, 0.25) is 0 Å². The molecule has 0 aliphatic rings. The summed E-state index contributed by atoms with van der Waals surface area (Å²) in [6.45, 7) is -0.630. The van der Waals surface area contributed by atoms with Gasteiger partial charge in [-0.3, -0.25) is 38.7 Å². The molecule has 0 fully saturated rings. The highest BCUT2D eigenvalue weighted by molar-refractivity contribution is 5.73. The largest absolute Gasteiger partial charge is 0.508 e. The molecule has 0 aromatic rings. The van der Waals surface area contributed by atoms with Crippen LogP contribution in [0.25, 0.3) is 0 Å². The number of carbonyl (C=O) groups is 6.